The van der Waals surface area contributed by atoms with Crippen molar-refractivity contribution in [3.63, 3.8) is 0 Å². The predicted octanol–water partition coefficient (Wildman–Crippen LogP) is 5.28. The minimum absolute atomic E-state index is 0.411. The van der Waals surface area contributed by atoms with Gasteiger partial charge in [-0.3, -0.25) is 0 Å². The topological polar surface area (TPSA) is 52.1 Å². The molecule has 4 nitrogen and oxygen atoms in total. The van der Waals surface area contributed by atoms with E-state index in [2.05, 4.69) is 34.2 Å². The summed E-state index contributed by atoms with van der Waals surface area (Å²) in [5.41, 5.74) is 7.99. The molecule has 0 unspecified atom stereocenters. The first-order valence-electron chi connectivity index (χ1n) is 7.78. The second-order valence-corrected chi connectivity index (χ2v) is 5.89. The molecule has 1 aliphatic rings. The molecule has 112 valence electrons. The summed E-state index contributed by atoms with van der Waals surface area (Å²) >= 11 is 0. The molecule has 2 heterocycles. The zero-order chi connectivity index (χ0) is 15.7. The maximum Gasteiger partial charge on any atom is 0.284 e. The van der Waals surface area contributed by atoms with E-state index in [9.17, 15) is 0 Å². The monoisotopic (exact) mass is 310 g/mol. The number of hydrogen-bond acceptors (Lipinski definition) is 4. The van der Waals surface area contributed by atoms with Crippen molar-refractivity contribution >= 4 is 22.2 Å². The fourth-order valence-corrected chi connectivity index (χ4v) is 3.42. The largest absolute Gasteiger partial charge is 0.432 e. The van der Waals surface area contributed by atoms with Gasteiger partial charge in [0.15, 0.2) is 11.2 Å². The van der Waals surface area contributed by atoms with Crippen LogP contribution in [0.15, 0.2) is 69.5 Å². The van der Waals surface area contributed by atoms with Gasteiger partial charge in [0.1, 0.15) is 11.0 Å². The van der Waals surface area contributed by atoms with Crippen molar-refractivity contribution in [2.45, 2.75) is 0 Å². The lowest BCUT2D eigenvalue weighted by molar-refractivity contribution is 0.550. The van der Waals surface area contributed by atoms with Crippen molar-refractivity contribution < 1.29 is 8.83 Å². The third-order valence-corrected chi connectivity index (χ3v) is 4.52. The Balaban J connectivity index is 1.59. The lowest BCUT2D eigenvalue weighted by Crippen LogP contribution is -1.98. The minimum atomic E-state index is 0.411. The average molecular weight is 310 g/mol. The summed E-state index contributed by atoms with van der Waals surface area (Å²) in [6, 6.07) is 20.0. The molecule has 6 rings (SSSR count). The van der Waals surface area contributed by atoms with Crippen LogP contribution in [0.1, 0.15) is 0 Å². The molecular weight excluding hydrogens is 300 g/mol. The summed E-state index contributed by atoms with van der Waals surface area (Å²) in [6.45, 7) is 0. The molecule has 2 aromatic heterocycles. The van der Waals surface area contributed by atoms with Gasteiger partial charge in [0.05, 0.1) is 0 Å². The Morgan fingerprint density at radius 2 is 1.33 bits per heavy atom. The van der Waals surface area contributed by atoms with Crippen molar-refractivity contribution in [1.29, 1.82) is 0 Å². The van der Waals surface area contributed by atoms with Crippen LogP contribution in [0.25, 0.3) is 56.2 Å². The first-order valence-corrected chi connectivity index (χ1v) is 7.78. The summed E-state index contributed by atoms with van der Waals surface area (Å²) in [7, 11) is 0. The Hall–Kier alpha value is -3.40. The Labute approximate surface area is 136 Å². The van der Waals surface area contributed by atoms with Crippen LogP contribution in [-0.4, -0.2) is 9.97 Å². The standard InChI is InChI=1S/C20H10N2O2/c1-2-6-12-11(5-1)13-9-10-16-18(17(12)13)22-20(24-16)19-21-14-7-3-4-8-15(14)23-19/h1-10H. The van der Waals surface area contributed by atoms with Crippen LogP contribution in [0.2, 0.25) is 0 Å². The molecule has 0 saturated heterocycles. The molecule has 24 heavy (non-hydrogen) atoms. The number of para-hydroxylation sites is 2. The van der Waals surface area contributed by atoms with Gasteiger partial charge in [0, 0.05) is 5.56 Å². The highest BCUT2D eigenvalue weighted by Gasteiger charge is 2.27. The van der Waals surface area contributed by atoms with E-state index in [1.165, 1.54) is 16.7 Å². The van der Waals surface area contributed by atoms with Crippen molar-refractivity contribution in [3.05, 3.63) is 60.7 Å². The van der Waals surface area contributed by atoms with Crippen molar-refractivity contribution in [3.8, 4) is 34.0 Å². The van der Waals surface area contributed by atoms with E-state index in [1.807, 2.05) is 36.4 Å². The van der Waals surface area contributed by atoms with Crippen molar-refractivity contribution in [2.24, 2.45) is 0 Å². The van der Waals surface area contributed by atoms with Crippen LogP contribution >= 0.6 is 0 Å². The van der Waals surface area contributed by atoms with Gasteiger partial charge in [0.2, 0.25) is 0 Å². The van der Waals surface area contributed by atoms with Gasteiger partial charge in [-0.25, -0.2) is 9.97 Å². The number of aromatic nitrogens is 2. The van der Waals surface area contributed by atoms with Crippen LogP contribution in [0, 0.1) is 0 Å². The number of rotatable bonds is 1. The van der Waals surface area contributed by atoms with Crippen LogP contribution in [0.5, 0.6) is 0 Å². The third-order valence-electron chi connectivity index (χ3n) is 4.52. The van der Waals surface area contributed by atoms with Crippen molar-refractivity contribution in [2.75, 3.05) is 0 Å². The van der Waals surface area contributed by atoms with E-state index in [1.54, 1.807) is 0 Å². The number of fused-ring (bicyclic) bond motifs is 7. The van der Waals surface area contributed by atoms with Crippen LogP contribution in [0.3, 0.4) is 0 Å². The van der Waals surface area contributed by atoms with E-state index in [4.69, 9.17) is 8.83 Å². The van der Waals surface area contributed by atoms with Gasteiger partial charge in [-0.05, 0) is 41.0 Å². The van der Waals surface area contributed by atoms with Gasteiger partial charge >= 0.3 is 0 Å². The number of oxazole rings is 2. The Bertz CT molecular complexity index is 1230. The summed E-state index contributed by atoms with van der Waals surface area (Å²) in [6.07, 6.45) is 0. The molecule has 0 saturated carbocycles. The highest BCUT2D eigenvalue weighted by Crippen LogP contribution is 2.50. The third kappa shape index (κ3) is 1.42. The highest BCUT2D eigenvalue weighted by atomic mass is 16.4. The molecule has 0 bridgehead atoms. The summed E-state index contributed by atoms with van der Waals surface area (Å²) in [5.74, 6) is 0.827. The van der Waals surface area contributed by atoms with Gasteiger partial charge in [-0.2, -0.15) is 0 Å². The number of nitrogens with zero attached hydrogens (tertiary/aromatic N) is 2. The van der Waals surface area contributed by atoms with Crippen LogP contribution < -0.4 is 0 Å². The second kappa shape index (κ2) is 4.11. The quantitative estimate of drug-likeness (QED) is 0.414. The predicted molar refractivity (Wildman–Crippen MR) is 91.4 cm³/mol. The first-order chi connectivity index (χ1) is 11.9. The molecule has 5 aromatic rings. The van der Waals surface area contributed by atoms with E-state index in [0.717, 1.165) is 27.8 Å². The van der Waals surface area contributed by atoms with E-state index >= 15 is 0 Å². The molecule has 0 spiro atoms. The number of hydrogen-bond donors (Lipinski definition) is 0. The fraction of sp³-hybridized carbons (Fsp3) is 0. The molecular formula is C20H10N2O2. The SMILES string of the molecule is c1ccc2c(c1)-c1ccc3oc(-c4nc5ccccc5o4)nc3c1-2. The zero-order valence-electron chi connectivity index (χ0n) is 12.5. The van der Waals surface area contributed by atoms with Crippen molar-refractivity contribution in [1.82, 2.24) is 9.97 Å². The highest BCUT2D eigenvalue weighted by molar-refractivity contribution is 6.12. The Morgan fingerprint density at radius 3 is 2.25 bits per heavy atom. The molecule has 0 amide bonds. The molecule has 4 heteroatoms. The molecule has 0 aliphatic heterocycles. The molecule has 0 radical (unpaired) electrons. The van der Waals surface area contributed by atoms with E-state index in [0.29, 0.717) is 11.8 Å². The second-order valence-electron chi connectivity index (χ2n) is 5.89. The Kier molecular flexibility index (Phi) is 2.07. The smallest absolute Gasteiger partial charge is 0.284 e. The van der Waals surface area contributed by atoms with E-state index < -0.39 is 0 Å². The first kappa shape index (κ1) is 12.1. The maximum absolute atomic E-state index is 5.90. The van der Waals surface area contributed by atoms with E-state index in [-0.39, 0.29) is 0 Å². The molecule has 3 aromatic carbocycles. The van der Waals surface area contributed by atoms with Crippen LogP contribution in [0.4, 0.5) is 0 Å². The minimum Gasteiger partial charge on any atom is -0.432 e. The lowest BCUT2D eigenvalue weighted by atomic mass is 9.80. The maximum atomic E-state index is 5.90. The average Bonchev–Trinajstić information content (AvgIpc) is 3.21. The number of benzene rings is 3. The Morgan fingerprint density at radius 1 is 0.583 bits per heavy atom. The summed E-state index contributed by atoms with van der Waals surface area (Å²) < 4.78 is 11.7. The normalized spacial score (nSPS) is 12.2. The lowest BCUT2D eigenvalue weighted by Gasteiger charge is -2.23. The van der Waals surface area contributed by atoms with Gasteiger partial charge in [0.25, 0.3) is 11.8 Å². The fourth-order valence-electron chi connectivity index (χ4n) is 3.42. The van der Waals surface area contributed by atoms with Gasteiger partial charge < -0.3 is 8.83 Å². The molecule has 1 aliphatic carbocycles. The van der Waals surface area contributed by atoms with Gasteiger partial charge in [-0.15, -0.1) is 0 Å². The van der Waals surface area contributed by atoms with Gasteiger partial charge in [-0.1, -0.05) is 36.4 Å². The molecule has 0 atom stereocenters. The molecule has 0 fully saturated rings. The van der Waals surface area contributed by atoms with Crippen LogP contribution in [-0.2, 0) is 0 Å². The summed E-state index contributed by atoms with van der Waals surface area (Å²) in [4.78, 5) is 9.14. The molecule has 0 N–H and O–H groups in total. The zero-order valence-corrected chi connectivity index (χ0v) is 12.5. The summed E-state index contributed by atoms with van der Waals surface area (Å²) in [5, 5.41) is 0.